The largest absolute Gasteiger partial charge is 0.393 e. The molecule has 1 atom stereocenters. The summed E-state index contributed by atoms with van der Waals surface area (Å²) < 4.78 is 24.2. The summed E-state index contributed by atoms with van der Waals surface area (Å²) in [6.45, 7) is 0.972. The van der Waals surface area contributed by atoms with Gasteiger partial charge < -0.3 is 5.11 Å². The molecule has 0 aromatic rings. The van der Waals surface area contributed by atoms with Gasteiger partial charge in [-0.1, -0.05) is 15.9 Å². The first-order valence-corrected chi connectivity index (χ1v) is 7.01. The topological polar surface area (TPSA) is 57.6 Å². The molecule has 13 heavy (non-hydrogen) atoms. The number of halogens is 1. The predicted octanol–water partition coefficient (Wildman–Crippen LogP) is 0.515. The number of sulfonamides is 1. The van der Waals surface area contributed by atoms with Crippen molar-refractivity contribution in [2.75, 3.05) is 17.8 Å². The van der Waals surface area contributed by atoms with Gasteiger partial charge in [0.1, 0.15) is 4.66 Å². The fraction of sp³-hybridized carbons (Fsp3) is 1.00. The number of aliphatic hydroxyl groups excluding tert-OH is 1. The van der Waals surface area contributed by atoms with E-state index in [0.29, 0.717) is 25.9 Å². The molecule has 0 radical (unpaired) electrons. The Bertz CT molecular complexity index is 254. The van der Waals surface area contributed by atoms with Gasteiger partial charge >= 0.3 is 0 Å². The number of aliphatic hydroxyl groups is 1. The van der Waals surface area contributed by atoms with E-state index in [0.717, 1.165) is 6.42 Å². The van der Waals surface area contributed by atoms with E-state index in [-0.39, 0.29) is 10.8 Å². The summed E-state index contributed by atoms with van der Waals surface area (Å²) in [5, 5.41) is 9.31. The molecule has 0 bridgehead atoms. The number of hydrogen-bond acceptors (Lipinski definition) is 3. The van der Waals surface area contributed by atoms with Gasteiger partial charge in [0, 0.05) is 13.1 Å². The second-order valence-electron chi connectivity index (χ2n) is 3.20. The Labute approximate surface area is 87.1 Å². The van der Waals surface area contributed by atoms with Crippen LogP contribution in [0.2, 0.25) is 0 Å². The summed E-state index contributed by atoms with van der Waals surface area (Å²) >= 11 is 2.95. The van der Waals surface area contributed by atoms with Gasteiger partial charge in [-0.3, -0.25) is 0 Å². The van der Waals surface area contributed by atoms with Gasteiger partial charge in [0.15, 0.2) is 0 Å². The van der Waals surface area contributed by atoms with Gasteiger partial charge in [0.05, 0.1) is 6.10 Å². The molecule has 1 rings (SSSR count). The molecule has 0 aliphatic carbocycles. The highest BCUT2D eigenvalue weighted by Gasteiger charge is 2.23. The zero-order chi connectivity index (χ0) is 9.90. The molecule has 1 fully saturated rings. The van der Waals surface area contributed by atoms with E-state index in [1.165, 1.54) is 4.31 Å². The molecule has 78 valence electrons. The first-order valence-electron chi connectivity index (χ1n) is 4.28. The zero-order valence-electron chi connectivity index (χ0n) is 7.32. The molecule has 1 aliphatic rings. The fourth-order valence-electron chi connectivity index (χ4n) is 1.40. The average molecular weight is 272 g/mol. The van der Waals surface area contributed by atoms with Crippen molar-refractivity contribution in [1.29, 1.82) is 0 Å². The molecule has 0 aromatic heterocycles. The van der Waals surface area contributed by atoms with Crippen molar-refractivity contribution in [3.05, 3.63) is 0 Å². The minimum absolute atomic E-state index is 0.0317. The molecule has 0 saturated carbocycles. The Morgan fingerprint density at radius 1 is 1.38 bits per heavy atom. The third-order valence-electron chi connectivity index (χ3n) is 2.19. The molecule has 1 unspecified atom stereocenters. The van der Waals surface area contributed by atoms with E-state index in [2.05, 4.69) is 15.9 Å². The summed E-state index contributed by atoms with van der Waals surface area (Å²) in [7, 11) is -3.13. The molecule has 1 aliphatic heterocycles. The highest BCUT2D eigenvalue weighted by molar-refractivity contribution is 9.10. The minimum Gasteiger partial charge on any atom is -0.393 e. The van der Waals surface area contributed by atoms with Crippen molar-refractivity contribution < 1.29 is 13.5 Å². The molecular weight excluding hydrogens is 258 g/mol. The molecule has 1 saturated heterocycles. The van der Waals surface area contributed by atoms with Gasteiger partial charge in [-0.15, -0.1) is 0 Å². The Morgan fingerprint density at radius 2 is 2.08 bits per heavy atom. The molecule has 1 N–H and O–H groups in total. The fourth-order valence-corrected chi connectivity index (χ4v) is 3.20. The van der Waals surface area contributed by atoms with Crippen LogP contribution >= 0.6 is 15.9 Å². The van der Waals surface area contributed by atoms with E-state index >= 15 is 0 Å². The highest BCUT2D eigenvalue weighted by Crippen LogP contribution is 2.15. The summed E-state index contributed by atoms with van der Waals surface area (Å²) in [5.41, 5.74) is 0. The zero-order valence-corrected chi connectivity index (χ0v) is 9.72. The van der Waals surface area contributed by atoms with Crippen LogP contribution in [0.5, 0.6) is 0 Å². The first-order chi connectivity index (χ1) is 6.06. The Morgan fingerprint density at radius 3 is 2.69 bits per heavy atom. The maximum absolute atomic E-state index is 11.4. The van der Waals surface area contributed by atoms with Crippen LogP contribution in [-0.4, -0.2) is 41.7 Å². The van der Waals surface area contributed by atoms with Crippen molar-refractivity contribution in [3.8, 4) is 0 Å². The lowest BCUT2D eigenvalue weighted by atomic mass is 10.2. The molecule has 0 aromatic carbocycles. The lowest BCUT2D eigenvalue weighted by Crippen LogP contribution is -2.32. The summed E-state index contributed by atoms with van der Waals surface area (Å²) in [6, 6.07) is 0. The molecule has 1 heterocycles. The van der Waals surface area contributed by atoms with Crippen LogP contribution in [-0.2, 0) is 10.0 Å². The smallest absolute Gasteiger partial charge is 0.224 e. The van der Waals surface area contributed by atoms with Crippen LogP contribution in [0.1, 0.15) is 19.3 Å². The normalized spacial score (nSPS) is 27.1. The number of alkyl halides is 1. The maximum atomic E-state index is 11.4. The molecule has 0 amide bonds. The van der Waals surface area contributed by atoms with Crippen molar-refractivity contribution in [2.24, 2.45) is 0 Å². The van der Waals surface area contributed by atoms with Crippen LogP contribution in [0, 0.1) is 0 Å². The average Bonchev–Trinajstić information content (AvgIpc) is 2.30. The van der Waals surface area contributed by atoms with Crippen LogP contribution in [0.15, 0.2) is 0 Å². The van der Waals surface area contributed by atoms with Crippen molar-refractivity contribution in [3.63, 3.8) is 0 Å². The van der Waals surface area contributed by atoms with Gasteiger partial charge in [0.2, 0.25) is 10.0 Å². The first kappa shape index (κ1) is 11.4. The minimum atomic E-state index is -3.13. The van der Waals surface area contributed by atoms with Gasteiger partial charge in [-0.2, -0.15) is 0 Å². The SMILES string of the molecule is O=S(=O)(CBr)N1CCCC(O)CC1. The van der Waals surface area contributed by atoms with Crippen LogP contribution < -0.4 is 0 Å². The quantitative estimate of drug-likeness (QED) is 0.745. The lowest BCUT2D eigenvalue weighted by Gasteiger charge is -2.17. The van der Waals surface area contributed by atoms with Crippen molar-refractivity contribution in [2.45, 2.75) is 25.4 Å². The third kappa shape index (κ3) is 3.19. The summed E-state index contributed by atoms with van der Waals surface area (Å²) in [5.74, 6) is 0. The lowest BCUT2D eigenvalue weighted by molar-refractivity contribution is 0.159. The monoisotopic (exact) mass is 271 g/mol. The van der Waals surface area contributed by atoms with Crippen LogP contribution in [0.3, 0.4) is 0 Å². The van der Waals surface area contributed by atoms with E-state index in [1.54, 1.807) is 0 Å². The van der Waals surface area contributed by atoms with Gasteiger partial charge in [-0.05, 0) is 19.3 Å². The summed E-state index contributed by atoms with van der Waals surface area (Å²) in [6.07, 6.45) is 1.66. The molecule has 0 spiro atoms. The summed E-state index contributed by atoms with van der Waals surface area (Å²) in [4.78, 5) is 0. The second-order valence-corrected chi connectivity index (χ2v) is 6.48. The molecular formula is C7H14BrNO3S. The van der Waals surface area contributed by atoms with E-state index in [9.17, 15) is 13.5 Å². The molecule has 6 heteroatoms. The van der Waals surface area contributed by atoms with Crippen LogP contribution in [0.25, 0.3) is 0 Å². The predicted molar refractivity (Wildman–Crippen MR) is 54.1 cm³/mol. The number of hydrogen-bond donors (Lipinski definition) is 1. The van der Waals surface area contributed by atoms with E-state index < -0.39 is 10.0 Å². The Balaban J connectivity index is 2.61. The number of nitrogens with zero attached hydrogens (tertiary/aromatic N) is 1. The van der Waals surface area contributed by atoms with Crippen molar-refractivity contribution in [1.82, 2.24) is 4.31 Å². The van der Waals surface area contributed by atoms with Crippen LogP contribution in [0.4, 0.5) is 0 Å². The molecule has 4 nitrogen and oxygen atoms in total. The van der Waals surface area contributed by atoms with Gasteiger partial charge in [0.25, 0.3) is 0 Å². The Kier molecular flexibility index (Phi) is 4.15. The van der Waals surface area contributed by atoms with Crippen molar-refractivity contribution >= 4 is 26.0 Å². The van der Waals surface area contributed by atoms with E-state index in [1.807, 2.05) is 0 Å². The Hall–Kier alpha value is 0.350. The van der Waals surface area contributed by atoms with Gasteiger partial charge in [-0.25, -0.2) is 12.7 Å². The van der Waals surface area contributed by atoms with E-state index in [4.69, 9.17) is 0 Å². The highest BCUT2D eigenvalue weighted by atomic mass is 79.9. The maximum Gasteiger partial charge on any atom is 0.224 e. The second kappa shape index (κ2) is 4.72. The number of rotatable bonds is 2. The third-order valence-corrected chi connectivity index (χ3v) is 5.35. The standard InChI is InChI=1S/C7H14BrNO3S/c8-6-13(11,12)9-4-1-2-7(10)3-5-9/h7,10H,1-6H2.